The summed E-state index contributed by atoms with van der Waals surface area (Å²) in [6, 6.07) is 0. The zero-order valence-electron chi connectivity index (χ0n) is 6.59. The van der Waals surface area contributed by atoms with Crippen LogP contribution < -0.4 is 0 Å². The molecule has 1 N–H and O–H groups in total. The minimum atomic E-state index is -0.392. The van der Waals surface area contributed by atoms with E-state index in [1.807, 2.05) is 12.2 Å². The lowest BCUT2D eigenvalue weighted by Crippen LogP contribution is -2.10. The maximum Gasteiger partial charge on any atom is 0.0980 e. The topological polar surface area (TPSA) is 20.2 Å². The highest BCUT2D eigenvalue weighted by Crippen LogP contribution is 2.33. The predicted molar refractivity (Wildman–Crippen MR) is 43.8 cm³/mol. The van der Waals surface area contributed by atoms with E-state index < -0.39 is 6.10 Å². The molecule has 0 aliphatic heterocycles. The second-order valence-electron chi connectivity index (χ2n) is 3.06. The molecule has 1 atom stereocenters. The second-order valence-corrected chi connectivity index (χ2v) is 3.06. The van der Waals surface area contributed by atoms with Gasteiger partial charge in [-0.3, -0.25) is 0 Å². The van der Waals surface area contributed by atoms with Gasteiger partial charge in [-0.25, -0.2) is 0 Å². The van der Waals surface area contributed by atoms with E-state index in [1.54, 1.807) is 0 Å². The van der Waals surface area contributed by atoms with Crippen LogP contribution in [0.25, 0.3) is 0 Å². The largest absolute Gasteiger partial charge is 0.384 e. The van der Waals surface area contributed by atoms with Gasteiger partial charge in [0.15, 0.2) is 0 Å². The van der Waals surface area contributed by atoms with Crippen LogP contribution in [0.1, 0.15) is 19.8 Å². The first-order valence-corrected chi connectivity index (χ1v) is 3.96. The highest BCUT2D eigenvalue weighted by Gasteiger charge is 2.21. The summed E-state index contributed by atoms with van der Waals surface area (Å²) in [4.78, 5) is 0. The second kappa shape index (κ2) is 2.35. The normalized spacial score (nSPS) is 28.9. The van der Waals surface area contributed by atoms with Crippen molar-refractivity contribution in [2.24, 2.45) is 0 Å². The molecule has 0 heterocycles. The van der Waals surface area contributed by atoms with Gasteiger partial charge in [0.2, 0.25) is 0 Å². The van der Waals surface area contributed by atoms with Crippen molar-refractivity contribution < 1.29 is 5.11 Å². The first-order valence-electron chi connectivity index (χ1n) is 3.96. The molecule has 0 fully saturated rings. The molecule has 1 nitrogen and oxygen atoms in total. The summed E-state index contributed by atoms with van der Waals surface area (Å²) in [5.74, 6) is 0. The van der Waals surface area contributed by atoms with Crippen molar-refractivity contribution in [2.75, 3.05) is 0 Å². The zero-order chi connectivity index (χ0) is 7.84. The molecule has 2 rings (SSSR count). The molecule has 2 aliphatic carbocycles. The van der Waals surface area contributed by atoms with Gasteiger partial charge in [-0.05, 0) is 42.6 Å². The average Bonchev–Trinajstić information content (AvgIpc) is 2.45. The zero-order valence-corrected chi connectivity index (χ0v) is 6.59. The van der Waals surface area contributed by atoms with Gasteiger partial charge < -0.3 is 5.11 Å². The molecule has 11 heavy (non-hydrogen) atoms. The molecule has 1 unspecified atom stereocenters. The van der Waals surface area contributed by atoms with E-state index in [2.05, 4.69) is 13.0 Å². The highest BCUT2D eigenvalue weighted by atomic mass is 16.3. The fraction of sp³-hybridized carbons (Fsp3) is 0.400. The molecule has 57 valence electrons. The summed E-state index contributed by atoms with van der Waals surface area (Å²) in [6.07, 6.45) is 8.66. The third-order valence-electron chi connectivity index (χ3n) is 2.32. The lowest BCUT2D eigenvalue weighted by Gasteiger charge is -2.16. The molecule has 0 saturated heterocycles. The Labute approximate surface area is 66.7 Å². The van der Waals surface area contributed by atoms with Crippen LogP contribution >= 0.6 is 0 Å². The maximum atomic E-state index is 9.48. The lowest BCUT2D eigenvalue weighted by atomic mass is 9.93. The van der Waals surface area contributed by atoms with Crippen LogP contribution in [0.4, 0.5) is 0 Å². The first kappa shape index (κ1) is 6.86. The fourth-order valence-corrected chi connectivity index (χ4v) is 1.69. The number of allylic oxidation sites excluding steroid dienone is 3. The molecular formula is C10H11O. The summed E-state index contributed by atoms with van der Waals surface area (Å²) in [7, 11) is 0. The number of hydrogen-bond donors (Lipinski definition) is 1. The molecule has 0 aromatic heterocycles. The highest BCUT2D eigenvalue weighted by molar-refractivity contribution is 5.48. The van der Waals surface area contributed by atoms with Crippen molar-refractivity contribution in [3.63, 3.8) is 0 Å². The van der Waals surface area contributed by atoms with Gasteiger partial charge in [0.05, 0.1) is 6.10 Å². The Morgan fingerprint density at radius 3 is 3.18 bits per heavy atom. The van der Waals surface area contributed by atoms with Crippen LogP contribution in [-0.2, 0) is 0 Å². The van der Waals surface area contributed by atoms with Gasteiger partial charge in [0.25, 0.3) is 0 Å². The molecule has 0 amide bonds. The lowest BCUT2D eigenvalue weighted by molar-refractivity contribution is 0.260. The molecule has 0 bridgehead atoms. The predicted octanol–water partition coefficient (Wildman–Crippen LogP) is 1.76. The number of hydrogen-bond acceptors (Lipinski definition) is 1. The molecule has 0 aromatic rings. The molecule has 0 spiro atoms. The van der Waals surface area contributed by atoms with Crippen LogP contribution in [0, 0.1) is 6.08 Å². The molecule has 1 radical (unpaired) electrons. The van der Waals surface area contributed by atoms with Crippen molar-refractivity contribution in [3.8, 4) is 0 Å². The number of fused-ring (bicyclic) bond motifs is 1. The minimum absolute atomic E-state index is 0.392. The fourth-order valence-electron chi connectivity index (χ4n) is 1.69. The molecule has 2 aliphatic rings. The minimum Gasteiger partial charge on any atom is -0.384 e. The van der Waals surface area contributed by atoms with E-state index in [0.717, 1.165) is 18.4 Å². The van der Waals surface area contributed by atoms with E-state index >= 15 is 0 Å². The first-order chi connectivity index (χ1) is 5.29. The average molecular weight is 147 g/mol. The van der Waals surface area contributed by atoms with Gasteiger partial charge in [0.1, 0.15) is 0 Å². The van der Waals surface area contributed by atoms with Crippen LogP contribution in [0.5, 0.6) is 0 Å². The van der Waals surface area contributed by atoms with E-state index in [-0.39, 0.29) is 0 Å². The molecule has 0 aromatic carbocycles. The van der Waals surface area contributed by atoms with Crippen LogP contribution in [0.3, 0.4) is 0 Å². The van der Waals surface area contributed by atoms with Crippen molar-refractivity contribution >= 4 is 0 Å². The number of rotatable bonds is 0. The van der Waals surface area contributed by atoms with Crippen LogP contribution in [-0.4, -0.2) is 11.2 Å². The third kappa shape index (κ3) is 0.962. The summed E-state index contributed by atoms with van der Waals surface area (Å²) in [5, 5.41) is 9.48. The summed E-state index contributed by atoms with van der Waals surface area (Å²) in [5.41, 5.74) is 3.61. The summed E-state index contributed by atoms with van der Waals surface area (Å²) < 4.78 is 0. The SMILES string of the molecule is CC1=C2CC[C]=C2C(O)C=C1. The van der Waals surface area contributed by atoms with Gasteiger partial charge >= 0.3 is 0 Å². The Balaban J connectivity index is 2.46. The molecule has 0 saturated carbocycles. The van der Waals surface area contributed by atoms with Crippen molar-refractivity contribution in [3.05, 3.63) is 34.9 Å². The van der Waals surface area contributed by atoms with Gasteiger partial charge in [-0.15, -0.1) is 0 Å². The summed E-state index contributed by atoms with van der Waals surface area (Å²) >= 11 is 0. The Kier molecular flexibility index (Phi) is 1.46. The summed E-state index contributed by atoms with van der Waals surface area (Å²) in [6.45, 7) is 2.09. The molecular weight excluding hydrogens is 136 g/mol. The maximum absolute atomic E-state index is 9.48. The Hall–Kier alpha value is -0.820. The van der Waals surface area contributed by atoms with Crippen LogP contribution in [0.15, 0.2) is 28.9 Å². The molecule has 1 heteroatoms. The standard InChI is InChI=1S/C10H11O/c1-7-5-6-10(11)9-4-2-3-8(7)9/h5-6,10-11H,2-3H2,1H3. The van der Waals surface area contributed by atoms with E-state index in [0.29, 0.717) is 0 Å². The number of aliphatic hydroxyl groups excluding tert-OH is 1. The quantitative estimate of drug-likeness (QED) is 0.553. The Morgan fingerprint density at radius 1 is 1.64 bits per heavy atom. The Morgan fingerprint density at radius 2 is 2.45 bits per heavy atom. The van der Waals surface area contributed by atoms with Crippen molar-refractivity contribution in [1.29, 1.82) is 0 Å². The Bertz CT molecular complexity index is 269. The van der Waals surface area contributed by atoms with Gasteiger partial charge in [-0.2, -0.15) is 0 Å². The smallest absolute Gasteiger partial charge is 0.0980 e. The van der Waals surface area contributed by atoms with Crippen molar-refractivity contribution in [2.45, 2.75) is 25.9 Å². The van der Waals surface area contributed by atoms with Gasteiger partial charge in [-0.1, -0.05) is 12.2 Å². The van der Waals surface area contributed by atoms with E-state index in [4.69, 9.17) is 0 Å². The third-order valence-corrected chi connectivity index (χ3v) is 2.32. The van der Waals surface area contributed by atoms with E-state index in [1.165, 1.54) is 11.1 Å². The number of aliphatic hydroxyl groups is 1. The monoisotopic (exact) mass is 147 g/mol. The van der Waals surface area contributed by atoms with Gasteiger partial charge in [0, 0.05) is 0 Å². The van der Waals surface area contributed by atoms with Crippen LogP contribution in [0.2, 0.25) is 0 Å². The van der Waals surface area contributed by atoms with Crippen molar-refractivity contribution in [1.82, 2.24) is 0 Å². The van der Waals surface area contributed by atoms with E-state index in [9.17, 15) is 5.11 Å².